The van der Waals surface area contributed by atoms with Crippen LogP contribution in [0.1, 0.15) is 15.9 Å². The highest BCUT2D eigenvalue weighted by Crippen LogP contribution is 2.19. The van der Waals surface area contributed by atoms with Gasteiger partial charge < -0.3 is 15.2 Å². The molecule has 0 saturated carbocycles. The Morgan fingerprint density at radius 2 is 2.00 bits per heavy atom. The highest BCUT2D eigenvalue weighted by atomic mass is 35.5. The van der Waals surface area contributed by atoms with Gasteiger partial charge >= 0.3 is 5.97 Å². The Morgan fingerprint density at radius 3 is 2.68 bits per heavy atom. The molecule has 0 saturated heterocycles. The van der Waals surface area contributed by atoms with E-state index in [1.54, 1.807) is 25.1 Å². The number of phenols is 1. The summed E-state index contributed by atoms with van der Waals surface area (Å²) in [5.74, 6) is -1.19. The van der Waals surface area contributed by atoms with Crippen LogP contribution in [-0.4, -0.2) is 23.6 Å². The summed E-state index contributed by atoms with van der Waals surface area (Å²) in [7, 11) is 0. The number of aryl methyl sites for hydroxylation is 1. The smallest absolute Gasteiger partial charge is 0.338 e. The molecule has 0 heterocycles. The van der Waals surface area contributed by atoms with Crippen molar-refractivity contribution in [2.24, 2.45) is 0 Å². The maximum Gasteiger partial charge on any atom is 0.338 e. The van der Waals surface area contributed by atoms with Gasteiger partial charge in [0, 0.05) is 10.7 Å². The molecule has 0 atom stereocenters. The number of phenolic OH excluding ortho intramolecular Hbond substituents is 1. The van der Waals surface area contributed by atoms with Gasteiger partial charge in [-0.25, -0.2) is 4.79 Å². The van der Waals surface area contributed by atoms with Gasteiger partial charge in [0.2, 0.25) is 0 Å². The SMILES string of the molecule is Cc1cc(Cl)ccc1NC(=O)COC(=O)c1cccc(O)c1. The van der Waals surface area contributed by atoms with Gasteiger partial charge in [0.15, 0.2) is 6.61 Å². The van der Waals surface area contributed by atoms with Crippen LogP contribution >= 0.6 is 11.6 Å². The molecule has 6 heteroatoms. The van der Waals surface area contributed by atoms with Crippen LogP contribution in [0, 0.1) is 6.92 Å². The van der Waals surface area contributed by atoms with Crippen molar-refractivity contribution in [2.45, 2.75) is 6.92 Å². The number of rotatable bonds is 4. The van der Waals surface area contributed by atoms with E-state index >= 15 is 0 Å². The first-order chi connectivity index (χ1) is 10.5. The van der Waals surface area contributed by atoms with Crippen molar-refractivity contribution in [3.8, 4) is 5.75 Å². The summed E-state index contributed by atoms with van der Waals surface area (Å²) in [6, 6.07) is 10.8. The van der Waals surface area contributed by atoms with Crippen LogP contribution < -0.4 is 5.32 Å². The van der Waals surface area contributed by atoms with Gasteiger partial charge in [-0.3, -0.25) is 4.79 Å². The average Bonchev–Trinajstić information content (AvgIpc) is 2.47. The lowest BCUT2D eigenvalue weighted by Gasteiger charge is -2.09. The number of esters is 1. The van der Waals surface area contributed by atoms with Gasteiger partial charge in [-0.1, -0.05) is 17.7 Å². The number of hydrogen-bond donors (Lipinski definition) is 2. The summed E-state index contributed by atoms with van der Waals surface area (Å²) in [5.41, 5.74) is 1.58. The van der Waals surface area contributed by atoms with Gasteiger partial charge in [-0.2, -0.15) is 0 Å². The van der Waals surface area contributed by atoms with E-state index in [1.165, 1.54) is 24.3 Å². The molecule has 0 spiro atoms. The lowest BCUT2D eigenvalue weighted by molar-refractivity contribution is -0.119. The Hall–Kier alpha value is -2.53. The molecule has 0 aliphatic rings. The van der Waals surface area contributed by atoms with E-state index in [0.717, 1.165) is 5.56 Å². The second-order valence-electron chi connectivity index (χ2n) is 4.63. The molecule has 5 nitrogen and oxygen atoms in total. The van der Waals surface area contributed by atoms with Crippen LogP contribution in [0.2, 0.25) is 5.02 Å². The zero-order valence-electron chi connectivity index (χ0n) is 11.8. The molecule has 0 fully saturated rings. The predicted molar refractivity (Wildman–Crippen MR) is 83.2 cm³/mol. The number of carbonyl (C=O) groups excluding carboxylic acids is 2. The number of ether oxygens (including phenoxy) is 1. The molecule has 2 aromatic rings. The topological polar surface area (TPSA) is 75.6 Å². The van der Waals surface area contributed by atoms with E-state index in [4.69, 9.17) is 16.3 Å². The molecular formula is C16H14ClNO4. The van der Waals surface area contributed by atoms with E-state index in [0.29, 0.717) is 10.7 Å². The van der Waals surface area contributed by atoms with Crippen molar-refractivity contribution in [2.75, 3.05) is 11.9 Å². The van der Waals surface area contributed by atoms with E-state index in [1.807, 2.05) is 0 Å². The number of amides is 1. The van der Waals surface area contributed by atoms with Crippen molar-refractivity contribution >= 4 is 29.2 Å². The minimum absolute atomic E-state index is 0.0457. The summed E-state index contributed by atoms with van der Waals surface area (Å²) in [4.78, 5) is 23.5. The number of nitrogens with one attached hydrogen (secondary N) is 1. The third-order valence-electron chi connectivity index (χ3n) is 2.88. The van der Waals surface area contributed by atoms with Crippen molar-refractivity contribution in [3.63, 3.8) is 0 Å². The third kappa shape index (κ3) is 4.23. The minimum Gasteiger partial charge on any atom is -0.508 e. The Bertz CT molecular complexity index is 715. The predicted octanol–water partition coefficient (Wildman–Crippen LogP) is 3.15. The Morgan fingerprint density at radius 1 is 1.23 bits per heavy atom. The maximum atomic E-state index is 11.8. The molecule has 0 aliphatic carbocycles. The largest absolute Gasteiger partial charge is 0.508 e. The maximum absolute atomic E-state index is 11.8. The van der Waals surface area contributed by atoms with Crippen LogP contribution in [0.3, 0.4) is 0 Å². The first kappa shape index (κ1) is 15.9. The fraction of sp³-hybridized carbons (Fsp3) is 0.125. The molecule has 0 radical (unpaired) electrons. The summed E-state index contributed by atoms with van der Waals surface area (Å²) >= 11 is 5.83. The van der Waals surface area contributed by atoms with Crippen LogP contribution in [-0.2, 0) is 9.53 Å². The first-order valence-electron chi connectivity index (χ1n) is 6.48. The summed E-state index contributed by atoms with van der Waals surface area (Å²) in [6.45, 7) is 1.39. The number of carbonyl (C=O) groups is 2. The second kappa shape index (κ2) is 6.95. The molecular weight excluding hydrogens is 306 g/mol. The monoisotopic (exact) mass is 319 g/mol. The van der Waals surface area contributed by atoms with Gasteiger partial charge in [0.1, 0.15) is 5.75 Å². The van der Waals surface area contributed by atoms with Crippen LogP contribution in [0.4, 0.5) is 5.69 Å². The lowest BCUT2D eigenvalue weighted by atomic mass is 10.2. The molecule has 1 amide bonds. The van der Waals surface area contributed by atoms with E-state index in [9.17, 15) is 14.7 Å². The zero-order valence-corrected chi connectivity index (χ0v) is 12.6. The van der Waals surface area contributed by atoms with Gasteiger partial charge in [-0.05, 0) is 48.9 Å². The fourth-order valence-corrected chi connectivity index (χ4v) is 2.03. The minimum atomic E-state index is -0.682. The van der Waals surface area contributed by atoms with Gasteiger partial charge in [-0.15, -0.1) is 0 Å². The third-order valence-corrected chi connectivity index (χ3v) is 3.11. The van der Waals surface area contributed by atoms with E-state index in [-0.39, 0.29) is 11.3 Å². The summed E-state index contributed by atoms with van der Waals surface area (Å²) in [6.07, 6.45) is 0. The molecule has 114 valence electrons. The molecule has 0 bridgehead atoms. The van der Waals surface area contributed by atoms with E-state index in [2.05, 4.69) is 5.32 Å². The fourth-order valence-electron chi connectivity index (χ4n) is 1.80. The number of benzene rings is 2. The van der Waals surface area contributed by atoms with Gasteiger partial charge in [0.25, 0.3) is 5.91 Å². The Kier molecular flexibility index (Phi) is 5.01. The highest BCUT2D eigenvalue weighted by Gasteiger charge is 2.11. The quantitative estimate of drug-likeness (QED) is 0.849. The lowest BCUT2D eigenvalue weighted by Crippen LogP contribution is -2.21. The molecule has 2 aromatic carbocycles. The number of hydrogen-bond acceptors (Lipinski definition) is 4. The number of anilines is 1. The Labute approximate surface area is 132 Å². The molecule has 0 aromatic heterocycles. The number of aromatic hydroxyl groups is 1. The van der Waals surface area contributed by atoms with Crippen molar-refractivity contribution in [1.29, 1.82) is 0 Å². The summed E-state index contributed by atoms with van der Waals surface area (Å²) in [5, 5.41) is 12.5. The van der Waals surface area contributed by atoms with Gasteiger partial charge in [0.05, 0.1) is 5.56 Å². The molecule has 22 heavy (non-hydrogen) atoms. The molecule has 2 N–H and O–H groups in total. The highest BCUT2D eigenvalue weighted by molar-refractivity contribution is 6.30. The van der Waals surface area contributed by atoms with Crippen LogP contribution in [0.25, 0.3) is 0 Å². The Balaban J connectivity index is 1.91. The second-order valence-corrected chi connectivity index (χ2v) is 5.07. The molecule has 0 unspecified atom stereocenters. The number of halogens is 1. The van der Waals surface area contributed by atoms with Crippen LogP contribution in [0.5, 0.6) is 5.75 Å². The molecule has 2 rings (SSSR count). The standard InChI is InChI=1S/C16H14ClNO4/c1-10-7-12(17)5-6-14(10)18-15(20)9-22-16(21)11-3-2-4-13(19)8-11/h2-8,19H,9H2,1H3,(H,18,20). The van der Waals surface area contributed by atoms with Crippen molar-refractivity contribution < 1.29 is 19.4 Å². The van der Waals surface area contributed by atoms with Crippen molar-refractivity contribution in [1.82, 2.24) is 0 Å². The van der Waals surface area contributed by atoms with Crippen molar-refractivity contribution in [3.05, 3.63) is 58.6 Å². The molecule has 0 aliphatic heterocycles. The van der Waals surface area contributed by atoms with Crippen LogP contribution in [0.15, 0.2) is 42.5 Å². The van der Waals surface area contributed by atoms with E-state index < -0.39 is 18.5 Å². The normalized spacial score (nSPS) is 10.1. The first-order valence-corrected chi connectivity index (χ1v) is 6.85. The average molecular weight is 320 g/mol. The zero-order chi connectivity index (χ0) is 16.1. The summed E-state index contributed by atoms with van der Waals surface area (Å²) < 4.78 is 4.89.